The molecule has 0 aromatic carbocycles. The highest BCUT2D eigenvalue weighted by atomic mass is 32.1. The first-order valence-corrected chi connectivity index (χ1v) is 10.8. The number of aromatic nitrogens is 1. The van der Waals surface area contributed by atoms with Gasteiger partial charge in [0.15, 0.2) is 0 Å². The maximum atomic E-state index is 12.6. The quantitative estimate of drug-likeness (QED) is 0.696. The third-order valence-corrected chi connectivity index (χ3v) is 6.16. The highest BCUT2D eigenvalue weighted by Gasteiger charge is 2.51. The molecule has 7 nitrogen and oxygen atoms in total. The minimum atomic E-state index is -5.08. The van der Waals surface area contributed by atoms with E-state index in [0.29, 0.717) is 32.2 Å². The van der Waals surface area contributed by atoms with Crippen LogP contribution in [0.4, 0.5) is 13.2 Å². The fourth-order valence-corrected chi connectivity index (χ4v) is 4.43. The number of fused-ring (bicyclic) bond motifs is 1. The summed E-state index contributed by atoms with van der Waals surface area (Å²) in [6.45, 7) is 4.07. The average molecular weight is 472 g/mol. The fraction of sp³-hybridized carbons (Fsp3) is 0.476. The van der Waals surface area contributed by atoms with Gasteiger partial charge in [0.05, 0.1) is 32.8 Å². The van der Waals surface area contributed by atoms with Gasteiger partial charge in [-0.05, 0) is 34.0 Å². The summed E-state index contributed by atoms with van der Waals surface area (Å²) in [5, 5.41) is 11.2. The van der Waals surface area contributed by atoms with Crippen molar-refractivity contribution in [3.8, 4) is 0 Å². The van der Waals surface area contributed by atoms with Crippen molar-refractivity contribution in [2.75, 3.05) is 32.9 Å². The van der Waals surface area contributed by atoms with E-state index in [1.54, 1.807) is 17.5 Å². The van der Waals surface area contributed by atoms with Crippen molar-refractivity contribution in [1.82, 2.24) is 9.88 Å². The van der Waals surface area contributed by atoms with Crippen LogP contribution < -0.4 is 0 Å². The topological polar surface area (TPSA) is 89.0 Å². The summed E-state index contributed by atoms with van der Waals surface area (Å²) in [6, 6.07) is 5.95. The Morgan fingerprint density at radius 1 is 1.34 bits per heavy atom. The van der Waals surface area contributed by atoms with Gasteiger partial charge >= 0.3 is 12.1 Å². The Bertz CT molecular complexity index is 895. The van der Waals surface area contributed by atoms with Gasteiger partial charge in [-0.2, -0.15) is 24.5 Å². The Kier molecular flexibility index (Phi) is 7.86. The molecule has 32 heavy (non-hydrogen) atoms. The van der Waals surface area contributed by atoms with Crippen LogP contribution in [-0.4, -0.2) is 66.0 Å². The molecule has 2 aromatic heterocycles. The molecule has 0 spiro atoms. The van der Waals surface area contributed by atoms with E-state index in [9.17, 15) is 18.0 Å². The lowest BCUT2D eigenvalue weighted by Crippen LogP contribution is -2.37. The summed E-state index contributed by atoms with van der Waals surface area (Å²) in [4.78, 5) is 27.6. The molecular formula is C21H23F3N2O5S. The number of pyridine rings is 1. The van der Waals surface area contributed by atoms with E-state index in [1.807, 2.05) is 40.1 Å². The highest BCUT2D eigenvalue weighted by Crippen LogP contribution is 2.41. The van der Waals surface area contributed by atoms with Gasteiger partial charge in [0.25, 0.3) is 0 Å². The Morgan fingerprint density at radius 2 is 2.12 bits per heavy atom. The molecule has 4 rings (SSSR count). The second-order valence-electron chi connectivity index (χ2n) is 7.81. The lowest BCUT2D eigenvalue weighted by atomic mass is 9.82. The molecular weight excluding hydrogens is 449 g/mol. The second kappa shape index (κ2) is 10.4. The molecule has 2 fully saturated rings. The van der Waals surface area contributed by atoms with Crippen LogP contribution in [0.5, 0.6) is 0 Å². The standard InChI is InChI=1S/C19H22N2O3S.C2HF3O2/c22-18(6-15-3-5-25-11-15)21-8-17-10-24-14-19(17,12-21)13-23-9-16-2-1-4-20-7-16;3-2(4,5)1(6)7/h1-5,7,11,17H,6,8-10,12-14H2;(H,6,7)/t17-,19-;/m1./s1. The molecule has 2 aliphatic heterocycles. The van der Waals surface area contributed by atoms with Gasteiger partial charge in [-0.1, -0.05) is 6.07 Å². The summed E-state index contributed by atoms with van der Waals surface area (Å²) < 4.78 is 43.4. The number of carboxylic acids is 1. The van der Waals surface area contributed by atoms with Gasteiger partial charge < -0.3 is 19.5 Å². The first kappa shape index (κ1) is 24.1. The highest BCUT2D eigenvalue weighted by molar-refractivity contribution is 7.08. The number of aliphatic carboxylic acids is 1. The van der Waals surface area contributed by atoms with E-state index < -0.39 is 12.1 Å². The third-order valence-electron chi connectivity index (χ3n) is 5.43. The van der Waals surface area contributed by atoms with E-state index in [4.69, 9.17) is 19.4 Å². The van der Waals surface area contributed by atoms with Crippen LogP contribution >= 0.6 is 11.3 Å². The fourth-order valence-electron chi connectivity index (χ4n) is 3.76. The maximum Gasteiger partial charge on any atom is 0.490 e. The van der Waals surface area contributed by atoms with E-state index in [1.165, 1.54) is 0 Å². The number of rotatable bonds is 6. The van der Waals surface area contributed by atoms with Crippen molar-refractivity contribution >= 4 is 23.2 Å². The molecule has 11 heteroatoms. The summed E-state index contributed by atoms with van der Waals surface area (Å²) in [5.41, 5.74) is 2.11. The molecule has 0 saturated carbocycles. The number of carbonyl (C=O) groups excluding carboxylic acids is 1. The molecule has 2 saturated heterocycles. The first-order chi connectivity index (χ1) is 15.2. The first-order valence-electron chi connectivity index (χ1n) is 9.83. The molecule has 0 aliphatic carbocycles. The number of hydrogen-bond acceptors (Lipinski definition) is 6. The molecule has 0 radical (unpaired) electrons. The summed E-state index contributed by atoms with van der Waals surface area (Å²) in [5.74, 6) is -2.18. The number of hydrogen-bond donors (Lipinski definition) is 1. The van der Waals surface area contributed by atoms with Gasteiger partial charge in [-0.25, -0.2) is 4.79 Å². The Labute approximate surface area is 186 Å². The number of ether oxygens (including phenoxy) is 2. The van der Waals surface area contributed by atoms with Crippen LogP contribution in [0, 0.1) is 11.3 Å². The molecule has 0 bridgehead atoms. The molecule has 4 heterocycles. The molecule has 1 amide bonds. The molecule has 2 aliphatic rings. The minimum absolute atomic E-state index is 0.0630. The normalized spacial score (nSPS) is 22.2. The van der Waals surface area contributed by atoms with E-state index >= 15 is 0 Å². The number of nitrogens with zero attached hydrogens (tertiary/aromatic N) is 2. The minimum Gasteiger partial charge on any atom is -0.475 e. The lowest BCUT2D eigenvalue weighted by molar-refractivity contribution is -0.192. The predicted octanol–water partition coefficient (Wildman–Crippen LogP) is 3.01. The second-order valence-corrected chi connectivity index (χ2v) is 8.59. The molecule has 2 atom stereocenters. The van der Waals surface area contributed by atoms with Crippen molar-refractivity contribution in [3.05, 3.63) is 52.5 Å². The Morgan fingerprint density at radius 3 is 2.75 bits per heavy atom. The summed E-state index contributed by atoms with van der Waals surface area (Å²) in [6.07, 6.45) is -1.01. The largest absolute Gasteiger partial charge is 0.490 e. The number of carboxylic acid groups (broad SMARTS) is 1. The third kappa shape index (κ3) is 6.27. The van der Waals surface area contributed by atoms with Gasteiger partial charge in [0, 0.05) is 36.8 Å². The SMILES string of the molecule is O=C(Cc1ccsc1)N1C[C@@H]2COC[C@]2(COCc2cccnc2)C1.O=C(O)C(F)(F)F. The van der Waals surface area contributed by atoms with Crippen LogP contribution in [0.1, 0.15) is 11.1 Å². The molecule has 174 valence electrons. The van der Waals surface area contributed by atoms with Gasteiger partial charge in [0.2, 0.25) is 5.91 Å². The number of amides is 1. The van der Waals surface area contributed by atoms with Crippen molar-refractivity contribution in [2.24, 2.45) is 11.3 Å². The number of carbonyl (C=O) groups is 2. The summed E-state index contributed by atoms with van der Waals surface area (Å²) in [7, 11) is 0. The van der Waals surface area contributed by atoms with Gasteiger partial charge in [-0.15, -0.1) is 0 Å². The number of thiophene rings is 1. The number of alkyl halides is 3. The summed E-state index contributed by atoms with van der Waals surface area (Å²) >= 11 is 1.63. The zero-order valence-corrected chi connectivity index (χ0v) is 17.9. The van der Waals surface area contributed by atoms with Crippen molar-refractivity contribution < 1.29 is 37.3 Å². The number of likely N-dealkylation sites (tertiary alicyclic amines) is 1. The zero-order valence-electron chi connectivity index (χ0n) is 17.1. The van der Waals surface area contributed by atoms with Crippen LogP contribution in [-0.2, 0) is 32.1 Å². The lowest BCUT2D eigenvalue weighted by Gasteiger charge is -2.27. The number of halogens is 3. The van der Waals surface area contributed by atoms with Crippen LogP contribution in [0.25, 0.3) is 0 Å². The van der Waals surface area contributed by atoms with Crippen LogP contribution in [0.15, 0.2) is 41.4 Å². The van der Waals surface area contributed by atoms with E-state index in [0.717, 1.165) is 30.8 Å². The van der Waals surface area contributed by atoms with Crippen LogP contribution in [0.2, 0.25) is 0 Å². The zero-order chi connectivity index (χ0) is 23.2. The van der Waals surface area contributed by atoms with E-state index in [-0.39, 0.29) is 11.3 Å². The van der Waals surface area contributed by atoms with Crippen LogP contribution in [0.3, 0.4) is 0 Å². The maximum absolute atomic E-state index is 12.6. The Balaban J connectivity index is 0.000000360. The molecule has 2 aromatic rings. The Hall–Kier alpha value is -2.50. The van der Waals surface area contributed by atoms with E-state index in [2.05, 4.69) is 4.98 Å². The predicted molar refractivity (Wildman–Crippen MR) is 109 cm³/mol. The smallest absolute Gasteiger partial charge is 0.475 e. The molecule has 0 unspecified atom stereocenters. The van der Waals surface area contributed by atoms with Crippen molar-refractivity contribution in [2.45, 2.75) is 19.2 Å². The van der Waals surface area contributed by atoms with Crippen molar-refractivity contribution in [1.29, 1.82) is 0 Å². The van der Waals surface area contributed by atoms with Gasteiger partial charge in [-0.3, -0.25) is 9.78 Å². The van der Waals surface area contributed by atoms with Crippen molar-refractivity contribution in [3.63, 3.8) is 0 Å². The average Bonchev–Trinajstić information content (AvgIpc) is 3.45. The van der Waals surface area contributed by atoms with Gasteiger partial charge in [0.1, 0.15) is 0 Å². The monoisotopic (exact) mass is 472 g/mol. The molecule has 1 N–H and O–H groups in total.